The molecule has 0 aliphatic rings. The van der Waals surface area contributed by atoms with Crippen molar-refractivity contribution in [3.05, 3.63) is 94.0 Å². The predicted molar refractivity (Wildman–Crippen MR) is 164 cm³/mol. The van der Waals surface area contributed by atoms with Crippen LogP contribution < -0.4 is 14.8 Å². The Balaban J connectivity index is 1.93. The Kier molecular flexibility index (Phi) is 11.2. The second-order valence-electron chi connectivity index (χ2n) is 11.1. The average molecular weight is 610 g/mol. The first-order valence-electron chi connectivity index (χ1n) is 13.7. The van der Waals surface area contributed by atoms with Crippen LogP contribution in [0.15, 0.2) is 77.3 Å². The second kappa shape index (κ2) is 14.4. The Morgan fingerprint density at radius 2 is 1.68 bits per heavy atom. The monoisotopic (exact) mass is 608 g/mol. The van der Waals surface area contributed by atoms with E-state index in [9.17, 15) is 9.59 Å². The Bertz CT molecular complexity index is 1270. The molecule has 0 aliphatic carbocycles. The fourth-order valence-electron chi connectivity index (χ4n) is 4.27. The molecule has 0 bridgehead atoms. The fourth-order valence-corrected chi connectivity index (χ4v) is 4.76. The molecular formula is C33H41BrN2O4. The molecule has 2 amide bonds. The zero-order valence-electron chi connectivity index (χ0n) is 24.4. The Labute approximate surface area is 247 Å². The van der Waals surface area contributed by atoms with Crippen LogP contribution >= 0.6 is 15.9 Å². The van der Waals surface area contributed by atoms with Crippen molar-refractivity contribution in [3.8, 4) is 11.5 Å². The molecule has 6 nitrogen and oxygen atoms in total. The fraction of sp³-hybridized carbons (Fsp3) is 0.394. The summed E-state index contributed by atoms with van der Waals surface area (Å²) in [7, 11) is 1.61. The largest absolute Gasteiger partial charge is 0.497 e. The van der Waals surface area contributed by atoms with Gasteiger partial charge >= 0.3 is 0 Å². The number of halogens is 1. The van der Waals surface area contributed by atoms with E-state index in [1.54, 1.807) is 12.0 Å². The van der Waals surface area contributed by atoms with Gasteiger partial charge in [0.15, 0.2) is 6.61 Å². The number of hydrogen-bond acceptors (Lipinski definition) is 4. The SMILES string of the molecule is CC[C@H](C)NC(=O)[C@@H](Cc1ccccc1)N(Cc1cccc(OC)c1)C(=O)COc1ccc(C(C)(C)C)cc1Br. The summed E-state index contributed by atoms with van der Waals surface area (Å²) in [6.45, 7) is 10.4. The van der Waals surface area contributed by atoms with Crippen molar-refractivity contribution in [2.24, 2.45) is 0 Å². The first-order chi connectivity index (χ1) is 19.0. The minimum absolute atomic E-state index is 0.0158. The van der Waals surface area contributed by atoms with Gasteiger partial charge in [-0.3, -0.25) is 9.59 Å². The van der Waals surface area contributed by atoms with Crippen LogP contribution in [-0.2, 0) is 28.0 Å². The molecule has 0 saturated heterocycles. The van der Waals surface area contributed by atoms with Gasteiger partial charge in [0, 0.05) is 19.0 Å². The zero-order chi connectivity index (χ0) is 29.3. The summed E-state index contributed by atoms with van der Waals surface area (Å²) >= 11 is 3.60. The summed E-state index contributed by atoms with van der Waals surface area (Å²) < 4.78 is 12.2. The van der Waals surface area contributed by atoms with E-state index >= 15 is 0 Å². The van der Waals surface area contributed by atoms with Gasteiger partial charge in [0.1, 0.15) is 17.5 Å². The molecule has 7 heteroatoms. The van der Waals surface area contributed by atoms with E-state index in [1.807, 2.05) is 86.6 Å². The third kappa shape index (κ3) is 8.85. The standard InChI is InChI=1S/C33H41BrN2O4/c1-7-23(2)35-32(38)29(19-24-12-9-8-10-13-24)36(21-25-14-11-15-27(18-25)39-6)31(37)22-40-30-17-16-26(20-28(30)34)33(3,4)5/h8-18,20,23,29H,7,19,21-22H2,1-6H3,(H,35,38)/t23-,29+/m0/s1. The maximum absolute atomic E-state index is 13.9. The van der Waals surface area contributed by atoms with Gasteiger partial charge in [-0.25, -0.2) is 0 Å². The first-order valence-corrected chi connectivity index (χ1v) is 14.5. The molecule has 0 aliphatic heterocycles. The molecule has 0 heterocycles. The van der Waals surface area contributed by atoms with Gasteiger partial charge in [-0.1, -0.05) is 76.2 Å². The summed E-state index contributed by atoms with van der Waals surface area (Å²) in [5, 5.41) is 3.09. The van der Waals surface area contributed by atoms with Gasteiger partial charge in [-0.2, -0.15) is 0 Å². The van der Waals surface area contributed by atoms with Crippen molar-refractivity contribution in [3.63, 3.8) is 0 Å². The maximum atomic E-state index is 13.9. The van der Waals surface area contributed by atoms with E-state index in [1.165, 1.54) is 0 Å². The number of nitrogens with zero attached hydrogens (tertiary/aromatic N) is 1. The summed E-state index contributed by atoms with van der Waals surface area (Å²) in [6, 6.07) is 22.5. The lowest BCUT2D eigenvalue weighted by atomic mass is 9.87. The van der Waals surface area contributed by atoms with Crippen molar-refractivity contribution in [1.82, 2.24) is 10.2 Å². The van der Waals surface area contributed by atoms with Crippen molar-refractivity contribution in [1.29, 1.82) is 0 Å². The molecule has 0 fully saturated rings. The smallest absolute Gasteiger partial charge is 0.261 e. The lowest BCUT2D eigenvalue weighted by Gasteiger charge is -2.32. The third-order valence-corrected chi connectivity index (χ3v) is 7.53. The van der Waals surface area contributed by atoms with E-state index in [4.69, 9.17) is 9.47 Å². The van der Waals surface area contributed by atoms with E-state index < -0.39 is 6.04 Å². The topological polar surface area (TPSA) is 67.9 Å². The molecule has 40 heavy (non-hydrogen) atoms. The minimum atomic E-state index is -0.731. The minimum Gasteiger partial charge on any atom is -0.497 e. The highest BCUT2D eigenvalue weighted by Gasteiger charge is 2.31. The van der Waals surface area contributed by atoms with Gasteiger partial charge in [0.05, 0.1) is 11.6 Å². The van der Waals surface area contributed by atoms with Crippen LogP contribution in [-0.4, -0.2) is 42.5 Å². The molecule has 0 spiro atoms. The number of methoxy groups -OCH3 is 1. The van der Waals surface area contributed by atoms with Gasteiger partial charge in [-0.15, -0.1) is 0 Å². The van der Waals surface area contributed by atoms with Crippen LogP contribution in [0.4, 0.5) is 0 Å². The molecule has 3 aromatic rings. The number of ether oxygens (including phenoxy) is 2. The Hall–Kier alpha value is -3.32. The van der Waals surface area contributed by atoms with Gasteiger partial charge in [0.2, 0.25) is 5.91 Å². The van der Waals surface area contributed by atoms with Crippen LogP contribution in [0.1, 0.15) is 57.7 Å². The first kappa shape index (κ1) is 31.2. The highest BCUT2D eigenvalue weighted by molar-refractivity contribution is 9.10. The van der Waals surface area contributed by atoms with E-state index in [0.29, 0.717) is 17.9 Å². The van der Waals surface area contributed by atoms with Crippen LogP contribution in [0.2, 0.25) is 0 Å². The summed E-state index contributed by atoms with van der Waals surface area (Å²) in [5.41, 5.74) is 2.97. The molecule has 0 aromatic heterocycles. The second-order valence-corrected chi connectivity index (χ2v) is 11.9. The summed E-state index contributed by atoms with van der Waals surface area (Å²) in [6.07, 6.45) is 1.16. The number of nitrogens with one attached hydrogen (secondary N) is 1. The molecule has 1 N–H and O–H groups in total. The van der Waals surface area contributed by atoms with Crippen molar-refractivity contribution >= 4 is 27.7 Å². The van der Waals surface area contributed by atoms with Crippen LogP contribution in [0.25, 0.3) is 0 Å². The van der Waals surface area contributed by atoms with Gasteiger partial charge < -0.3 is 19.7 Å². The number of rotatable bonds is 12. The number of hydrogen-bond donors (Lipinski definition) is 1. The number of carbonyl (C=O) groups is 2. The van der Waals surface area contributed by atoms with Crippen molar-refractivity contribution < 1.29 is 19.1 Å². The highest BCUT2D eigenvalue weighted by Crippen LogP contribution is 2.31. The summed E-state index contributed by atoms with van der Waals surface area (Å²) in [5.74, 6) is 0.791. The molecule has 0 saturated carbocycles. The number of benzene rings is 3. The van der Waals surface area contributed by atoms with Crippen LogP contribution in [0, 0.1) is 0 Å². The number of carbonyl (C=O) groups excluding carboxylic acids is 2. The maximum Gasteiger partial charge on any atom is 0.261 e. The van der Waals surface area contributed by atoms with Crippen LogP contribution in [0.3, 0.4) is 0 Å². The molecule has 3 aromatic carbocycles. The van der Waals surface area contributed by atoms with E-state index in [-0.39, 0.29) is 36.4 Å². The lowest BCUT2D eigenvalue weighted by molar-refractivity contribution is -0.143. The average Bonchev–Trinajstić information content (AvgIpc) is 2.94. The molecule has 2 atom stereocenters. The normalized spacial score (nSPS) is 12.8. The van der Waals surface area contributed by atoms with E-state index in [2.05, 4.69) is 42.0 Å². The Morgan fingerprint density at radius 3 is 2.30 bits per heavy atom. The van der Waals surface area contributed by atoms with Gasteiger partial charge in [0.25, 0.3) is 5.91 Å². The lowest BCUT2D eigenvalue weighted by Crippen LogP contribution is -2.53. The molecule has 0 unspecified atom stereocenters. The van der Waals surface area contributed by atoms with Gasteiger partial charge in [-0.05, 0) is 75.6 Å². The Morgan fingerprint density at radius 1 is 0.975 bits per heavy atom. The van der Waals surface area contributed by atoms with E-state index in [0.717, 1.165) is 27.6 Å². The molecule has 0 radical (unpaired) electrons. The van der Waals surface area contributed by atoms with Crippen molar-refractivity contribution in [2.45, 2.75) is 71.5 Å². The molecule has 3 rings (SSSR count). The summed E-state index contributed by atoms with van der Waals surface area (Å²) in [4.78, 5) is 29.2. The quantitative estimate of drug-likeness (QED) is 0.249. The zero-order valence-corrected chi connectivity index (χ0v) is 26.0. The number of amides is 2. The predicted octanol–water partition coefficient (Wildman–Crippen LogP) is 6.69. The highest BCUT2D eigenvalue weighted by atomic mass is 79.9. The molecule has 214 valence electrons. The van der Waals surface area contributed by atoms with Crippen LogP contribution in [0.5, 0.6) is 11.5 Å². The molecular weight excluding hydrogens is 568 g/mol. The third-order valence-electron chi connectivity index (χ3n) is 6.91. The van der Waals surface area contributed by atoms with Crippen molar-refractivity contribution in [2.75, 3.05) is 13.7 Å².